The van der Waals surface area contributed by atoms with Crippen LogP contribution in [0.2, 0.25) is 0 Å². The molecule has 0 radical (unpaired) electrons. The number of hydrogen-bond donors (Lipinski definition) is 0. The van der Waals surface area contributed by atoms with Crippen LogP contribution in [0.4, 0.5) is 8.78 Å². The first-order valence-corrected chi connectivity index (χ1v) is 6.04. The summed E-state index contributed by atoms with van der Waals surface area (Å²) in [5.74, 6) is 0.967. The lowest BCUT2D eigenvalue weighted by Crippen LogP contribution is -2.30. The Morgan fingerprint density at radius 3 is 1.79 bits per heavy atom. The van der Waals surface area contributed by atoms with Crippen LogP contribution < -0.4 is 0 Å². The van der Waals surface area contributed by atoms with Crippen molar-refractivity contribution in [1.82, 2.24) is 0 Å². The second-order valence-electron chi connectivity index (χ2n) is 5.06. The van der Waals surface area contributed by atoms with Gasteiger partial charge in [-0.3, -0.25) is 0 Å². The molecule has 2 heteroatoms. The summed E-state index contributed by atoms with van der Waals surface area (Å²) in [6.07, 6.45) is 5.97. The topological polar surface area (TPSA) is 0 Å². The summed E-state index contributed by atoms with van der Waals surface area (Å²) in [5.41, 5.74) is 0. The average Bonchev–Trinajstić information content (AvgIpc) is 2.18. The molecule has 2 aliphatic rings. The molecule has 0 spiro atoms. The van der Waals surface area contributed by atoms with Crippen molar-refractivity contribution < 1.29 is 8.78 Å². The molecule has 0 N–H and O–H groups in total. The minimum atomic E-state index is -0.870. The average molecular weight is 202 g/mol. The first-order chi connectivity index (χ1) is 6.75. The Bertz CT molecular complexity index is 165. The van der Waals surface area contributed by atoms with Crippen LogP contribution in [0.5, 0.6) is 0 Å². The van der Waals surface area contributed by atoms with Gasteiger partial charge in [0.1, 0.15) is 12.3 Å². The molecule has 0 aromatic rings. The van der Waals surface area contributed by atoms with Gasteiger partial charge in [0, 0.05) is 6.42 Å². The summed E-state index contributed by atoms with van der Waals surface area (Å²) < 4.78 is 26.4. The fraction of sp³-hybridized carbons (Fsp3) is 1.00. The molecule has 14 heavy (non-hydrogen) atoms. The van der Waals surface area contributed by atoms with Crippen LogP contribution in [0, 0.1) is 11.8 Å². The fourth-order valence-corrected chi connectivity index (χ4v) is 3.21. The number of rotatable bonds is 1. The quantitative estimate of drug-likeness (QED) is 0.602. The van der Waals surface area contributed by atoms with Crippen molar-refractivity contribution >= 4 is 0 Å². The van der Waals surface area contributed by atoms with Gasteiger partial charge in [-0.2, -0.15) is 0 Å². The van der Waals surface area contributed by atoms with Crippen molar-refractivity contribution in [2.75, 3.05) is 0 Å². The molecule has 2 saturated carbocycles. The Morgan fingerprint density at radius 1 is 0.643 bits per heavy atom. The van der Waals surface area contributed by atoms with Crippen molar-refractivity contribution in [2.24, 2.45) is 11.8 Å². The summed E-state index contributed by atoms with van der Waals surface area (Å²) in [7, 11) is 0. The van der Waals surface area contributed by atoms with Gasteiger partial charge in [-0.15, -0.1) is 0 Å². The smallest absolute Gasteiger partial charge is 0.103 e. The van der Waals surface area contributed by atoms with Gasteiger partial charge in [0.15, 0.2) is 0 Å². The molecule has 0 aliphatic heterocycles. The predicted octanol–water partition coefficient (Wildman–Crippen LogP) is 4.04. The lowest BCUT2D eigenvalue weighted by molar-refractivity contribution is 0.0743. The molecule has 82 valence electrons. The first kappa shape index (κ1) is 10.4. The zero-order chi connectivity index (χ0) is 9.97. The van der Waals surface area contributed by atoms with Crippen molar-refractivity contribution in [1.29, 1.82) is 0 Å². The third-order valence-electron chi connectivity index (χ3n) is 3.95. The Hall–Kier alpha value is -0.140. The van der Waals surface area contributed by atoms with E-state index in [-0.39, 0.29) is 6.42 Å². The normalized spacial score (nSPS) is 41.1. The lowest BCUT2D eigenvalue weighted by Gasteiger charge is -2.35. The monoisotopic (exact) mass is 202 g/mol. The molecule has 2 aliphatic carbocycles. The third kappa shape index (κ3) is 2.46. The van der Waals surface area contributed by atoms with Gasteiger partial charge in [-0.05, 0) is 24.7 Å². The summed E-state index contributed by atoms with van der Waals surface area (Å²) in [4.78, 5) is 0. The van der Waals surface area contributed by atoms with Crippen LogP contribution in [0.25, 0.3) is 0 Å². The molecule has 0 bridgehead atoms. The maximum atomic E-state index is 13.2. The van der Waals surface area contributed by atoms with E-state index in [9.17, 15) is 8.78 Å². The van der Waals surface area contributed by atoms with E-state index in [1.165, 1.54) is 32.1 Å². The van der Waals surface area contributed by atoms with Crippen LogP contribution in [0.15, 0.2) is 0 Å². The highest BCUT2D eigenvalue weighted by molar-refractivity contribution is 4.84. The molecule has 0 aromatic carbocycles. The lowest BCUT2D eigenvalue weighted by atomic mass is 9.72. The van der Waals surface area contributed by atoms with E-state index in [1.807, 2.05) is 0 Å². The van der Waals surface area contributed by atoms with Crippen molar-refractivity contribution in [3.05, 3.63) is 0 Å². The second kappa shape index (κ2) is 4.59. The van der Waals surface area contributed by atoms with Crippen molar-refractivity contribution in [3.63, 3.8) is 0 Å². The molecular weight excluding hydrogens is 182 g/mol. The predicted molar refractivity (Wildman–Crippen MR) is 53.7 cm³/mol. The van der Waals surface area contributed by atoms with E-state index in [1.54, 1.807) is 0 Å². The zero-order valence-corrected chi connectivity index (χ0v) is 8.72. The van der Waals surface area contributed by atoms with E-state index in [4.69, 9.17) is 0 Å². The number of alkyl halides is 2. The van der Waals surface area contributed by atoms with Gasteiger partial charge in [-0.1, -0.05) is 32.1 Å². The molecule has 2 rings (SSSR count). The van der Waals surface area contributed by atoms with Crippen LogP contribution in [0.3, 0.4) is 0 Å². The van der Waals surface area contributed by atoms with E-state index in [2.05, 4.69) is 0 Å². The molecule has 2 fully saturated rings. The Morgan fingerprint density at radius 2 is 1.21 bits per heavy atom. The standard InChI is InChI=1S/C12H20F2/c13-11-6-10(7-12(14)8-11)9-4-2-1-3-5-9/h9-12H,1-8H2. The van der Waals surface area contributed by atoms with Gasteiger partial charge < -0.3 is 0 Å². The second-order valence-corrected chi connectivity index (χ2v) is 5.06. The van der Waals surface area contributed by atoms with Gasteiger partial charge >= 0.3 is 0 Å². The number of hydrogen-bond acceptors (Lipinski definition) is 0. The Labute approximate surface area is 85.1 Å². The van der Waals surface area contributed by atoms with Crippen LogP contribution >= 0.6 is 0 Å². The molecule has 0 amide bonds. The largest absolute Gasteiger partial charge is 0.247 e. The highest BCUT2D eigenvalue weighted by atomic mass is 19.1. The van der Waals surface area contributed by atoms with Gasteiger partial charge in [-0.25, -0.2) is 8.78 Å². The van der Waals surface area contributed by atoms with Crippen LogP contribution in [0.1, 0.15) is 51.4 Å². The van der Waals surface area contributed by atoms with Crippen LogP contribution in [-0.4, -0.2) is 12.3 Å². The first-order valence-electron chi connectivity index (χ1n) is 6.04. The minimum absolute atomic E-state index is 0.156. The fourth-order valence-electron chi connectivity index (χ4n) is 3.21. The third-order valence-corrected chi connectivity index (χ3v) is 3.95. The van der Waals surface area contributed by atoms with E-state index >= 15 is 0 Å². The van der Waals surface area contributed by atoms with Crippen molar-refractivity contribution in [3.8, 4) is 0 Å². The highest BCUT2D eigenvalue weighted by Crippen LogP contribution is 2.39. The highest BCUT2D eigenvalue weighted by Gasteiger charge is 2.33. The molecular formula is C12H20F2. The van der Waals surface area contributed by atoms with Crippen LogP contribution in [-0.2, 0) is 0 Å². The zero-order valence-electron chi connectivity index (χ0n) is 8.72. The number of halogens is 2. The van der Waals surface area contributed by atoms with E-state index < -0.39 is 12.3 Å². The Balaban J connectivity index is 1.88. The Kier molecular flexibility index (Phi) is 3.40. The molecule has 0 heterocycles. The molecule has 2 atom stereocenters. The summed E-state index contributed by atoms with van der Waals surface area (Å²) in [5, 5.41) is 0. The summed E-state index contributed by atoms with van der Waals surface area (Å²) in [6.45, 7) is 0. The van der Waals surface area contributed by atoms with E-state index in [0.717, 1.165) is 0 Å². The maximum absolute atomic E-state index is 13.2. The van der Waals surface area contributed by atoms with Gasteiger partial charge in [0.25, 0.3) is 0 Å². The summed E-state index contributed by atoms with van der Waals surface area (Å²) in [6, 6.07) is 0. The van der Waals surface area contributed by atoms with Gasteiger partial charge in [0.05, 0.1) is 0 Å². The molecule has 0 saturated heterocycles. The van der Waals surface area contributed by atoms with E-state index in [0.29, 0.717) is 24.7 Å². The molecule has 2 unspecified atom stereocenters. The summed E-state index contributed by atoms with van der Waals surface area (Å²) >= 11 is 0. The minimum Gasteiger partial charge on any atom is -0.247 e. The molecule has 0 aromatic heterocycles. The molecule has 0 nitrogen and oxygen atoms in total. The SMILES string of the molecule is FC1CC(F)CC(C2CCCCC2)C1. The van der Waals surface area contributed by atoms with Crippen molar-refractivity contribution in [2.45, 2.75) is 63.7 Å². The maximum Gasteiger partial charge on any atom is 0.103 e. The van der Waals surface area contributed by atoms with Gasteiger partial charge in [0.2, 0.25) is 0 Å².